The molecule has 0 aliphatic carbocycles. The Morgan fingerprint density at radius 1 is 1.18 bits per heavy atom. The summed E-state index contributed by atoms with van der Waals surface area (Å²) < 4.78 is 25.7. The van der Waals surface area contributed by atoms with Crippen LogP contribution in [0.2, 0.25) is 5.02 Å². The number of halogens is 3. The predicted molar refractivity (Wildman–Crippen MR) is 62.9 cm³/mol. The normalized spacial score (nSPS) is 10.3. The zero-order valence-corrected chi connectivity index (χ0v) is 9.51. The number of benzene rings is 1. The van der Waals surface area contributed by atoms with E-state index in [0.29, 0.717) is 12.4 Å². The summed E-state index contributed by atoms with van der Waals surface area (Å²) in [6, 6.07) is 8.88. The van der Waals surface area contributed by atoms with Crippen molar-refractivity contribution in [1.82, 2.24) is 4.98 Å². The highest BCUT2D eigenvalue weighted by atomic mass is 35.5. The van der Waals surface area contributed by atoms with E-state index >= 15 is 0 Å². The Hall–Kier alpha value is -1.68. The number of nitrogens with one attached hydrogen (secondary N) is 1. The van der Waals surface area contributed by atoms with Gasteiger partial charge in [-0.25, -0.2) is 9.37 Å². The fourth-order valence-corrected chi connectivity index (χ4v) is 1.55. The molecule has 0 amide bonds. The second kappa shape index (κ2) is 5.10. The largest absolute Gasteiger partial charge is 0.366 e. The number of rotatable bonds is 3. The topological polar surface area (TPSA) is 24.9 Å². The molecule has 0 radical (unpaired) electrons. The van der Waals surface area contributed by atoms with Crippen LogP contribution in [0.1, 0.15) is 5.56 Å². The van der Waals surface area contributed by atoms with Gasteiger partial charge >= 0.3 is 0 Å². The van der Waals surface area contributed by atoms with E-state index in [1.807, 2.05) is 0 Å². The predicted octanol–water partition coefficient (Wildman–Crippen LogP) is 3.63. The molecule has 0 bridgehead atoms. The van der Waals surface area contributed by atoms with Crippen molar-refractivity contribution in [2.24, 2.45) is 0 Å². The van der Waals surface area contributed by atoms with Gasteiger partial charge in [-0.15, -0.1) is 0 Å². The Morgan fingerprint density at radius 2 is 2.00 bits per heavy atom. The van der Waals surface area contributed by atoms with Crippen LogP contribution in [0, 0.1) is 11.8 Å². The van der Waals surface area contributed by atoms with E-state index in [1.165, 1.54) is 18.2 Å². The number of hydrogen-bond acceptors (Lipinski definition) is 2. The van der Waals surface area contributed by atoms with E-state index in [1.54, 1.807) is 18.2 Å². The van der Waals surface area contributed by atoms with Gasteiger partial charge in [-0.2, -0.15) is 4.39 Å². The molecule has 5 heteroatoms. The van der Waals surface area contributed by atoms with Crippen LogP contribution >= 0.6 is 11.6 Å². The molecule has 17 heavy (non-hydrogen) atoms. The van der Waals surface area contributed by atoms with Gasteiger partial charge in [-0.3, -0.25) is 0 Å². The summed E-state index contributed by atoms with van der Waals surface area (Å²) in [5.41, 5.74) is 0.794. The molecule has 0 aliphatic rings. The zero-order valence-electron chi connectivity index (χ0n) is 8.75. The second-order valence-electron chi connectivity index (χ2n) is 3.45. The highest BCUT2D eigenvalue weighted by molar-refractivity contribution is 6.30. The van der Waals surface area contributed by atoms with Crippen LogP contribution in [0.3, 0.4) is 0 Å². The summed E-state index contributed by atoms with van der Waals surface area (Å²) >= 11 is 5.64. The number of aromatic nitrogens is 1. The lowest BCUT2D eigenvalue weighted by molar-refractivity contribution is 0.585. The van der Waals surface area contributed by atoms with E-state index in [-0.39, 0.29) is 5.02 Å². The van der Waals surface area contributed by atoms with E-state index < -0.39 is 11.8 Å². The molecule has 0 aliphatic heterocycles. The Labute approximate surface area is 102 Å². The molecule has 0 atom stereocenters. The van der Waals surface area contributed by atoms with Crippen molar-refractivity contribution in [2.45, 2.75) is 6.54 Å². The lowest BCUT2D eigenvalue weighted by Gasteiger charge is -2.06. The summed E-state index contributed by atoms with van der Waals surface area (Å²) in [4.78, 5) is 3.64. The molecule has 1 N–H and O–H groups in total. The van der Waals surface area contributed by atoms with E-state index in [9.17, 15) is 8.78 Å². The molecule has 0 spiro atoms. The first kappa shape index (κ1) is 11.8. The Bertz CT molecular complexity index is 532. The minimum absolute atomic E-state index is 0.0662. The highest BCUT2D eigenvalue weighted by Gasteiger charge is 2.01. The van der Waals surface area contributed by atoms with Gasteiger partial charge in [0, 0.05) is 6.54 Å². The van der Waals surface area contributed by atoms with Gasteiger partial charge in [0.2, 0.25) is 5.95 Å². The van der Waals surface area contributed by atoms with Crippen molar-refractivity contribution in [2.75, 3.05) is 5.32 Å². The van der Waals surface area contributed by atoms with Crippen molar-refractivity contribution in [3.8, 4) is 0 Å². The van der Waals surface area contributed by atoms with Gasteiger partial charge in [-0.05, 0) is 29.8 Å². The molecule has 0 fully saturated rings. The molecular weight excluding hydrogens is 246 g/mol. The van der Waals surface area contributed by atoms with Gasteiger partial charge in [0.25, 0.3) is 0 Å². The van der Waals surface area contributed by atoms with Gasteiger partial charge in [-0.1, -0.05) is 23.7 Å². The molecule has 2 rings (SSSR count). The number of anilines is 1. The third kappa shape index (κ3) is 3.14. The van der Waals surface area contributed by atoms with Crippen LogP contribution < -0.4 is 5.32 Å². The van der Waals surface area contributed by atoms with E-state index in [0.717, 1.165) is 5.56 Å². The average molecular weight is 255 g/mol. The fourth-order valence-electron chi connectivity index (χ4n) is 1.35. The molecule has 1 aromatic heterocycles. The van der Waals surface area contributed by atoms with Crippen molar-refractivity contribution in [1.29, 1.82) is 0 Å². The number of nitrogens with zero attached hydrogens (tertiary/aromatic N) is 1. The highest BCUT2D eigenvalue weighted by Crippen LogP contribution is 2.16. The summed E-state index contributed by atoms with van der Waals surface area (Å²) in [5, 5.41) is 2.98. The van der Waals surface area contributed by atoms with E-state index in [4.69, 9.17) is 11.6 Å². The molecular formula is C12H9ClF2N2. The summed E-state index contributed by atoms with van der Waals surface area (Å²) in [7, 11) is 0. The molecule has 0 saturated heterocycles. The minimum Gasteiger partial charge on any atom is -0.366 e. The molecule has 88 valence electrons. The lowest BCUT2D eigenvalue weighted by atomic mass is 10.2. The van der Waals surface area contributed by atoms with E-state index in [2.05, 4.69) is 10.3 Å². The second-order valence-corrected chi connectivity index (χ2v) is 3.85. The first-order chi connectivity index (χ1) is 8.15. The van der Waals surface area contributed by atoms with Gasteiger partial charge in [0.05, 0.1) is 5.02 Å². The van der Waals surface area contributed by atoms with Crippen LogP contribution in [0.5, 0.6) is 0 Å². The summed E-state index contributed by atoms with van der Waals surface area (Å²) in [5.74, 6) is -0.586. The molecule has 0 saturated carbocycles. The monoisotopic (exact) mass is 254 g/mol. The maximum Gasteiger partial charge on any atom is 0.214 e. The smallest absolute Gasteiger partial charge is 0.214 e. The SMILES string of the molecule is Fc1cccc(NCc2ccc(F)c(Cl)c2)n1. The zero-order chi connectivity index (χ0) is 12.3. The third-order valence-electron chi connectivity index (χ3n) is 2.17. The van der Waals surface area contributed by atoms with Crippen molar-refractivity contribution < 1.29 is 8.78 Å². The van der Waals surface area contributed by atoms with Gasteiger partial charge in [0.15, 0.2) is 0 Å². The molecule has 2 nitrogen and oxygen atoms in total. The van der Waals surface area contributed by atoms with Gasteiger partial charge in [0.1, 0.15) is 11.6 Å². The van der Waals surface area contributed by atoms with Crippen LogP contribution in [0.15, 0.2) is 36.4 Å². The number of hydrogen-bond donors (Lipinski definition) is 1. The summed E-state index contributed by atoms with van der Waals surface area (Å²) in [6.07, 6.45) is 0. The third-order valence-corrected chi connectivity index (χ3v) is 2.46. The Balaban J connectivity index is 2.05. The van der Waals surface area contributed by atoms with Crippen LogP contribution in [0.4, 0.5) is 14.6 Å². The maximum absolute atomic E-state index is 12.9. The van der Waals surface area contributed by atoms with Crippen LogP contribution in [-0.2, 0) is 6.54 Å². The fraction of sp³-hybridized carbons (Fsp3) is 0.0833. The quantitative estimate of drug-likeness (QED) is 0.846. The van der Waals surface area contributed by atoms with Crippen molar-refractivity contribution in [3.63, 3.8) is 0 Å². The van der Waals surface area contributed by atoms with Gasteiger partial charge < -0.3 is 5.32 Å². The van der Waals surface area contributed by atoms with Crippen molar-refractivity contribution in [3.05, 3.63) is 58.7 Å². The number of pyridine rings is 1. The first-order valence-corrected chi connectivity index (χ1v) is 5.33. The molecule has 1 heterocycles. The summed E-state index contributed by atoms with van der Waals surface area (Å²) in [6.45, 7) is 0.399. The molecule has 0 unspecified atom stereocenters. The minimum atomic E-state index is -0.549. The molecule has 1 aromatic carbocycles. The standard InChI is InChI=1S/C12H9ClF2N2/c13-9-6-8(4-5-10(9)14)7-16-12-3-1-2-11(15)17-12/h1-6H,7H2,(H,16,17). The average Bonchev–Trinajstić information content (AvgIpc) is 2.31. The Morgan fingerprint density at radius 3 is 2.71 bits per heavy atom. The first-order valence-electron chi connectivity index (χ1n) is 4.95. The molecule has 2 aromatic rings. The van der Waals surface area contributed by atoms with Crippen molar-refractivity contribution >= 4 is 17.4 Å². The van der Waals surface area contributed by atoms with Crippen LogP contribution in [0.25, 0.3) is 0 Å². The maximum atomic E-state index is 12.9. The van der Waals surface area contributed by atoms with Crippen LogP contribution in [-0.4, -0.2) is 4.98 Å². The lowest BCUT2D eigenvalue weighted by Crippen LogP contribution is -2.02. The Kier molecular flexibility index (Phi) is 3.54.